The Kier molecular flexibility index (Phi) is 5.86. The van der Waals surface area contributed by atoms with E-state index in [0.29, 0.717) is 17.9 Å². The van der Waals surface area contributed by atoms with E-state index in [1.807, 2.05) is 26.0 Å². The summed E-state index contributed by atoms with van der Waals surface area (Å²) in [6.45, 7) is 3.61. The van der Waals surface area contributed by atoms with Crippen LogP contribution < -0.4 is 14.8 Å². The molecule has 0 bridgehead atoms. The van der Waals surface area contributed by atoms with E-state index in [4.69, 9.17) is 9.47 Å². The molecule has 1 heterocycles. The van der Waals surface area contributed by atoms with Crippen LogP contribution in [0.15, 0.2) is 53.4 Å². The lowest BCUT2D eigenvalue weighted by Crippen LogP contribution is -2.44. The number of rotatable bonds is 6. The van der Waals surface area contributed by atoms with Gasteiger partial charge in [-0.3, -0.25) is 4.79 Å². The Hall–Kier alpha value is -2.58. The van der Waals surface area contributed by atoms with Gasteiger partial charge in [0.25, 0.3) is 0 Å². The number of carbonyl (C=O) groups excluding carboxylic acids is 1. The number of nitrogens with one attached hydrogen (secondary N) is 1. The third-order valence-corrected chi connectivity index (χ3v) is 6.65. The largest absolute Gasteiger partial charge is 0.497 e. The summed E-state index contributed by atoms with van der Waals surface area (Å²) in [5.41, 5.74) is 0.353. The highest BCUT2D eigenvalue weighted by molar-refractivity contribution is 7.89. The Morgan fingerprint density at radius 3 is 2.59 bits per heavy atom. The summed E-state index contributed by atoms with van der Waals surface area (Å²) < 4.78 is 37.6. The Bertz CT molecular complexity index is 989. The second-order valence-corrected chi connectivity index (χ2v) is 9.71. The molecule has 1 aliphatic rings. The second-order valence-electron chi connectivity index (χ2n) is 7.66. The summed E-state index contributed by atoms with van der Waals surface area (Å²) in [4.78, 5) is 12.8. The van der Waals surface area contributed by atoms with Crippen LogP contribution in [0, 0.1) is 0 Å². The first kappa shape index (κ1) is 21.1. The first-order valence-corrected chi connectivity index (χ1v) is 10.7. The van der Waals surface area contributed by atoms with E-state index in [9.17, 15) is 13.2 Å². The Labute approximate surface area is 171 Å². The predicted molar refractivity (Wildman–Crippen MR) is 109 cm³/mol. The number of methoxy groups -OCH3 is 1. The number of hydrogen-bond donors (Lipinski definition) is 1. The maximum atomic E-state index is 12.7. The number of carbonyl (C=O) groups is 1. The van der Waals surface area contributed by atoms with Gasteiger partial charge in [-0.25, -0.2) is 8.42 Å². The Morgan fingerprint density at radius 1 is 1.24 bits per heavy atom. The van der Waals surface area contributed by atoms with Gasteiger partial charge in [0.15, 0.2) is 0 Å². The standard InChI is InChI=1S/C21H26N2O5S/c1-21(2)13-18(17-11-10-15(27-4)12-19(17)28-21)22-20(24)14-23(3)29(25,26)16-8-6-5-7-9-16/h5-12,18H,13-14H2,1-4H3,(H,22,24)/t18-/m0/s1. The maximum Gasteiger partial charge on any atom is 0.243 e. The van der Waals surface area contributed by atoms with E-state index in [0.717, 1.165) is 9.87 Å². The van der Waals surface area contributed by atoms with E-state index in [2.05, 4.69) is 5.32 Å². The van der Waals surface area contributed by atoms with E-state index in [1.165, 1.54) is 19.2 Å². The minimum atomic E-state index is -3.74. The normalized spacial score (nSPS) is 17.9. The summed E-state index contributed by atoms with van der Waals surface area (Å²) >= 11 is 0. The molecule has 0 spiro atoms. The Morgan fingerprint density at radius 2 is 1.93 bits per heavy atom. The van der Waals surface area contributed by atoms with Crippen molar-refractivity contribution in [2.75, 3.05) is 20.7 Å². The van der Waals surface area contributed by atoms with E-state index in [-0.39, 0.29) is 23.4 Å². The van der Waals surface area contributed by atoms with E-state index in [1.54, 1.807) is 31.4 Å². The lowest BCUT2D eigenvalue weighted by molar-refractivity contribution is -0.122. The van der Waals surface area contributed by atoms with Crippen molar-refractivity contribution in [2.24, 2.45) is 0 Å². The fraction of sp³-hybridized carbons (Fsp3) is 0.381. The number of benzene rings is 2. The number of sulfonamides is 1. The second kappa shape index (κ2) is 8.04. The highest BCUT2D eigenvalue weighted by Gasteiger charge is 2.35. The van der Waals surface area contributed by atoms with Gasteiger partial charge >= 0.3 is 0 Å². The topological polar surface area (TPSA) is 84.9 Å². The lowest BCUT2D eigenvalue weighted by Gasteiger charge is -2.38. The van der Waals surface area contributed by atoms with E-state index < -0.39 is 15.6 Å². The number of nitrogens with zero attached hydrogens (tertiary/aromatic N) is 1. The van der Waals surface area contributed by atoms with Crippen molar-refractivity contribution in [1.29, 1.82) is 0 Å². The van der Waals surface area contributed by atoms with Crippen LogP contribution in [0.2, 0.25) is 0 Å². The van der Waals surface area contributed by atoms with Gasteiger partial charge in [-0.2, -0.15) is 4.31 Å². The zero-order valence-electron chi connectivity index (χ0n) is 17.0. The molecular weight excluding hydrogens is 392 g/mol. The molecule has 1 N–H and O–H groups in total. The van der Waals surface area contributed by atoms with Crippen LogP contribution in [-0.2, 0) is 14.8 Å². The molecule has 0 aromatic heterocycles. The molecule has 0 unspecified atom stereocenters. The maximum absolute atomic E-state index is 12.7. The average molecular weight is 419 g/mol. The molecule has 3 rings (SSSR count). The summed E-state index contributed by atoms with van der Waals surface area (Å²) in [6.07, 6.45) is 0.563. The van der Waals surface area contributed by atoms with Crippen LogP contribution >= 0.6 is 0 Å². The molecule has 1 aliphatic heterocycles. The van der Waals surface area contributed by atoms with Crippen LogP contribution in [0.1, 0.15) is 31.9 Å². The number of ether oxygens (including phenoxy) is 2. The zero-order valence-corrected chi connectivity index (χ0v) is 17.8. The third kappa shape index (κ3) is 4.71. The SMILES string of the molecule is COc1ccc2c(c1)OC(C)(C)C[C@@H]2NC(=O)CN(C)S(=O)(=O)c1ccccc1. The van der Waals surface area contributed by atoms with Crippen LogP contribution in [0.4, 0.5) is 0 Å². The molecule has 0 aliphatic carbocycles. The van der Waals surface area contributed by atoms with Crippen molar-refractivity contribution in [3.8, 4) is 11.5 Å². The summed E-state index contributed by atoms with van der Waals surface area (Å²) in [6, 6.07) is 13.2. The highest BCUT2D eigenvalue weighted by Crippen LogP contribution is 2.41. The predicted octanol–water partition coefficient (Wildman–Crippen LogP) is 2.73. The minimum Gasteiger partial charge on any atom is -0.497 e. The number of fused-ring (bicyclic) bond motifs is 1. The van der Waals surface area contributed by atoms with Crippen molar-refractivity contribution in [2.45, 2.75) is 36.8 Å². The molecule has 0 saturated carbocycles. The van der Waals surface area contributed by atoms with Crippen LogP contribution in [0.25, 0.3) is 0 Å². The Balaban J connectivity index is 1.75. The van der Waals surface area contributed by atoms with Crippen LogP contribution in [0.5, 0.6) is 11.5 Å². The average Bonchev–Trinajstić information content (AvgIpc) is 2.67. The summed E-state index contributed by atoms with van der Waals surface area (Å²) in [7, 11) is -0.757. The van der Waals surface area contributed by atoms with Gasteiger partial charge in [0.2, 0.25) is 15.9 Å². The number of amides is 1. The highest BCUT2D eigenvalue weighted by atomic mass is 32.2. The molecule has 7 nitrogen and oxygen atoms in total. The first-order valence-electron chi connectivity index (χ1n) is 9.30. The minimum absolute atomic E-state index is 0.153. The molecule has 2 aromatic rings. The molecule has 0 radical (unpaired) electrons. The van der Waals surface area contributed by atoms with Crippen molar-refractivity contribution in [1.82, 2.24) is 9.62 Å². The quantitative estimate of drug-likeness (QED) is 0.780. The molecule has 8 heteroatoms. The zero-order chi connectivity index (χ0) is 21.2. The monoisotopic (exact) mass is 418 g/mol. The van der Waals surface area contributed by atoms with Gasteiger partial charge in [0, 0.05) is 25.1 Å². The van der Waals surface area contributed by atoms with E-state index >= 15 is 0 Å². The molecule has 2 aromatic carbocycles. The third-order valence-electron chi connectivity index (χ3n) is 4.83. The van der Waals surface area contributed by atoms with Gasteiger partial charge in [-0.15, -0.1) is 0 Å². The van der Waals surface area contributed by atoms with Crippen molar-refractivity contribution in [3.05, 3.63) is 54.1 Å². The van der Waals surface area contributed by atoms with Gasteiger partial charge in [-0.1, -0.05) is 18.2 Å². The van der Waals surface area contributed by atoms with Gasteiger partial charge in [0.1, 0.15) is 17.1 Å². The van der Waals surface area contributed by atoms with Gasteiger partial charge < -0.3 is 14.8 Å². The number of hydrogen-bond acceptors (Lipinski definition) is 5. The van der Waals surface area contributed by atoms with Crippen LogP contribution in [-0.4, -0.2) is 44.9 Å². The molecule has 29 heavy (non-hydrogen) atoms. The van der Waals surface area contributed by atoms with Crippen LogP contribution in [0.3, 0.4) is 0 Å². The summed E-state index contributed by atoms with van der Waals surface area (Å²) in [5.74, 6) is 0.938. The smallest absolute Gasteiger partial charge is 0.243 e. The fourth-order valence-electron chi connectivity index (χ4n) is 3.39. The van der Waals surface area contributed by atoms with Crippen molar-refractivity contribution >= 4 is 15.9 Å². The molecule has 1 amide bonds. The fourth-order valence-corrected chi connectivity index (χ4v) is 4.54. The summed E-state index contributed by atoms with van der Waals surface area (Å²) in [5, 5.41) is 2.96. The van der Waals surface area contributed by atoms with Crippen molar-refractivity contribution < 1.29 is 22.7 Å². The molecule has 0 saturated heterocycles. The number of likely N-dealkylation sites (N-methyl/N-ethyl adjacent to an activating group) is 1. The van der Waals surface area contributed by atoms with Gasteiger partial charge in [-0.05, 0) is 38.1 Å². The molecule has 0 fully saturated rings. The van der Waals surface area contributed by atoms with Crippen molar-refractivity contribution in [3.63, 3.8) is 0 Å². The first-order chi connectivity index (χ1) is 13.6. The van der Waals surface area contributed by atoms with Gasteiger partial charge in [0.05, 0.1) is 24.6 Å². The molecule has 156 valence electrons. The molecule has 1 atom stereocenters. The lowest BCUT2D eigenvalue weighted by atomic mass is 9.89. The molecular formula is C21H26N2O5S.